The van der Waals surface area contributed by atoms with Crippen molar-refractivity contribution < 1.29 is 28.2 Å². The van der Waals surface area contributed by atoms with Crippen LogP contribution in [0.4, 0.5) is 9.18 Å². The van der Waals surface area contributed by atoms with Crippen LogP contribution in [0.2, 0.25) is 0 Å². The minimum Gasteiger partial charge on any atom is -0.444 e. The first kappa shape index (κ1) is 27.8. The van der Waals surface area contributed by atoms with Crippen LogP contribution in [0.15, 0.2) is 12.1 Å². The highest BCUT2D eigenvalue weighted by atomic mass is 19.1. The zero-order chi connectivity index (χ0) is 27.9. The largest absolute Gasteiger partial charge is 0.444 e. The van der Waals surface area contributed by atoms with Gasteiger partial charge in [0.15, 0.2) is 0 Å². The summed E-state index contributed by atoms with van der Waals surface area (Å²) in [5.74, 6) is -1.50. The van der Waals surface area contributed by atoms with Crippen LogP contribution in [0.25, 0.3) is 0 Å². The van der Waals surface area contributed by atoms with Crippen molar-refractivity contribution in [3.8, 4) is 0 Å². The molecule has 2 saturated heterocycles. The summed E-state index contributed by atoms with van der Waals surface area (Å²) in [5.41, 5.74) is 7.03. The lowest BCUT2D eigenvalue weighted by Crippen LogP contribution is -2.57. The Hall–Kier alpha value is -2.72. The molecule has 3 amide bonds. The summed E-state index contributed by atoms with van der Waals surface area (Å²) in [6, 6.07) is 2.15. The molecule has 4 aliphatic rings. The molecule has 2 aliphatic heterocycles. The highest BCUT2D eigenvalue weighted by Gasteiger charge is 2.52. The van der Waals surface area contributed by atoms with Crippen molar-refractivity contribution in [1.82, 2.24) is 15.1 Å². The first-order chi connectivity index (χ1) is 18.5. The number of primary amides is 1. The van der Waals surface area contributed by atoms with E-state index in [-0.39, 0.29) is 24.2 Å². The molecule has 1 aromatic carbocycles. The number of nitrogens with one attached hydrogen (secondary N) is 1. The molecule has 0 aromatic heterocycles. The van der Waals surface area contributed by atoms with Gasteiger partial charge in [0.1, 0.15) is 23.5 Å². The van der Waals surface area contributed by atoms with Crippen molar-refractivity contribution in [2.75, 3.05) is 26.3 Å². The third kappa shape index (κ3) is 5.91. The fourth-order valence-electron chi connectivity index (χ4n) is 6.85. The zero-order valence-electron chi connectivity index (χ0n) is 23.2. The number of nitrogens with two attached hydrogens (primary N) is 1. The molecule has 2 aliphatic carbocycles. The van der Waals surface area contributed by atoms with E-state index in [2.05, 4.69) is 10.2 Å². The van der Waals surface area contributed by atoms with Gasteiger partial charge in [-0.05, 0) is 81.9 Å². The lowest BCUT2D eigenvalue weighted by Gasteiger charge is -2.37. The van der Waals surface area contributed by atoms with Crippen molar-refractivity contribution in [3.63, 3.8) is 0 Å². The molecule has 5 atom stereocenters. The summed E-state index contributed by atoms with van der Waals surface area (Å²) >= 11 is 0. The monoisotopic (exact) mass is 544 g/mol. The minimum absolute atomic E-state index is 0.00376. The van der Waals surface area contributed by atoms with Crippen LogP contribution >= 0.6 is 0 Å². The minimum atomic E-state index is -1.09. The van der Waals surface area contributed by atoms with Crippen molar-refractivity contribution in [3.05, 3.63) is 34.6 Å². The molecule has 214 valence electrons. The number of hydrogen-bond donors (Lipinski definition) is 2. The predicted molar refractivity (Wildman–Crippen MR) is 142 cm³/mol. The Kier molecular flexibility index (Phi) is 7.88. The number of ether oxygens (including phenoxy) is 2. The number of amides is 3. The Labute approximate surface area is 229 Å². The van der Waals surface area contributed by atoms with Crippen LogP contribution in [0.3, 0.4) is 0 Å². The molecule has 0 spiro atoms. The first-order valence-corrected chi connectivity index (χ1v) is 14.2. The fraction of sp³-hybridized carbons (Fsp3) is 0.690. The van der Waals surface area contributed by atoms with E-state index in [9.17, 15) is 14.4 Å². The first-order valence-electron chi connectivity index (χ1n) is 14.2. The summed E-state index contributed by atoms with van der Waals surface area (Å²) in [7, 11) is 0. The van der Waals surface area contributed by atoms with Crippen LogP contribution in [-0.4, -0.2) is 83.8 Å². The molecule has 3 fully saturated rings. The molecule has 39 heavy (non-hydrogen) atoms. The number of benzene rings is 1. The summed E-state index contributed by atoms with van der Waals surface area (Å²) in [5, 5.41) is 2.75. The Morgan fingerprint density at radius 3 is 2.59 bits per heavy atom. The summed E-state index contributed by atoms with van der Waals surface area (Å²) in [4.78, 5) is 42.8. The van der Waals surface area contributed by atoms with Gasteiger partial charge in [0.05, 0.1) is 13.2 Å². The topological polar surface area (TPSA) is 114 Å². The maximum Gasteiger partial charge on any atom is 0.411 e. The number of piperidine rings is 1. The average molecular weight is 545 g/mol. The number of likely N-dealkylation sites (tertiary alicyclic amines) is 1. The zero-order valence-corrected chi connectivity index (χ0v) is 23.2. The number of nitrogens with zero attached hydrogens (tertiary/aromatic N) is 2. The normalized spacial score (nSPS) is 27.6. The maximum absolute atomic E-state index is 15.7. The summed E-state index contributed by atoms with van der Waals surface area (Å²) in [6.07, 6.45) is 4.08. The van der Waals surface area contributed by atoms with Crippen LogP contribution in [-0.2, 0) is 38.3 Å². The van der Waals surface area contributed by atoms with Gasteiger partial charge in [-0.25, -0.2) is 9.18 Å². The molecule has 1 aromatic rings. The van der Waals surface area contributed by atoms with Gasteiger partial charge in [-0.1, -0.05) is 12.1 Å². The predicted octanol–water partition coefficient (Wildman–Crippen LogP) is 2.32. The molecule has 1 unspecified atom stereocenters. The van der Waals surface area contributed by atoms with Crippen LogP contribution in [0.1, 0.15) is 63.1 Å². The molecule has 3 N–H and O–H groups in total. The Bertz CT molecular complexity index is 1120. The van der Waals surface area contributed by atoms with Crippen molar-refractivity contribution >= 4 is 17.9 Å². The third-order valence-corrected chi connectivity index (χ3v) is 8.71. The molecular weight excluding hydrogens is 503 g/mol. The van der Waals surface area contributed by atoms with Gasteiger partial charge in [-0.15, -0.1) is 0 Å². The molecule has 5 rings (SSSR count). The maximum atomic E-state index is 15.7. The second kappa shape index (κ2) is 11.0. The lowest BCUT2D eigenvalue weighted by atomic mass is 9.85. The molecule has 2 bridgehead atoms. The number of hydrogen-bond acceptors (Lipinski definition) is 6. The summed E-state index contributed by atoms with van der Waals surface area (Å²) < 4.78 is 26.7. The molecule has 9 nitrogen and oxygen atoms in total. The molecule has 10 heteroatoms. The lowest BCUT2D eigenvalue weighted by molar-refractivity contribution is -0.132. The molecule has 2 heterocycles. The van der Waals surface area contributed by atoms with E-state index in [1.165, 1.54) is 4.90 Å². The number of carbonyl (C=O) groups excluding carboxylic acids is 3. The number of halogens is 1. The Morgan fingerprint density at radius 1 is 1.15 bits per heavy atom. The van der Waals surface area contributed by atoms with E-state index in [1.807, 2.05) is 6.07 Å². The fourth-order valence-corrected chi connectivity index (χ4v) is 6.85. The highest BCUT2D eigenvalue weighted by molar-refractivity contribution is 5.91. The second-order valence-corrected chi connectivity index (χ2v) is 12.4. The average Bonchev–Trinajstić information content (AvgIpc) is 3.51. The van der Waals surface area contributed by atoms with Gasteiger partial charge in [0.25, 0.3) is 0 Å². The number of fused-ring (bicyclic) bond motifs is 3. The Balaban J connectivity index is 1.28. The van der Waals surface area contributed by atoms with Crippen LogP contribution < -0.4 is 11.1 Å². The third-order valence-electron chi connectivity index (χ3n) is 8.71. The quantitative estimate of drug-likeness (QED) is 0.568. The van der Waals surface area contributed by atoms with Gasteiger partial charge < -0.3 is 20.5 Å². The summed E-state index contributed by atoms with van der Waals surface area (Å²) in [6.45, 7) is 8.61. The van der Waals surface area contributed by atoms with Gasteiger partial charge in [0.2, 0.25) is 11.8 Å². The van der Waals surface area contributed by atoms with E-state index in [1.54, 1.807) is 26.8 Å². The second-order valence-electron chi connectivity index (χ2n) is 12.4. The van der Waals surface area contributed by atoms with E-state index >= 15 is 4.39 Å². The molecule has 1 saturated carbocycles. The van der Waals surface area contributed by atoms with Crippen molar-refractivity contribution in [1.29, 1.82) is 0 Å². The van der Waals surface area contributed by atoms with E-state index in [0.717, 1.165) is 64.0 Å². The van der Waals surface area contributed by atoms with Gasteiger partial charge in [-0.3, -0.25) is 19.4 Å². The van der Waals surface area contributed by atoms with E-state index < -0.39 is 35.6 Å². The Morgan fingerprint density at radius 2 is 1.90 bits per heavy atom. The van der Waals surface area contributed by atoms with Crippen molar-refractivity contribution in [2.24, 2.45) is 11.7 Å². The standard InChI is InChI=1S/C29H41FN4O5/c1-29(2,3)39-28(37)34-21-7-6-19(15-21)25(34)27(36)32-23(26(31)35)16-18-5-4-17-14-20(8-9-22(17)24(18)30)33-10-12-38-13-11-33/h4-5,19-21,23,25H,6-16H2,1-3H3,(H2,31,35)(H,32,36)/t19-,20?,21+,23-,25-/m0/s1. The van der Waals surface area contributed by atoms with E-state index in [0.29, 0.717) is 23.6 Å². The molecular formula is C29H41FN4O5. The number of morpholine rings is 1. The smallest absolute Gasteiger partial charge is 0.411 e. The van der Waals surface area contributed by atoms with Crippen LogP contribution in [0, 0.1) is 11.7 Å². The highest BCUT2D eigenvalue weighted by Crippen LogP contribution is 2.43. The van der Waals surface area contributed by atoms with Gasteiger partial charge >= 0.3 is 6.09 Å². The van der Waals surface area contributed by atoms with Crippen LogP contribution in [0.5, 0.6) is 0 Å². The SMILES string of the molecule is CC(C)(C)OC(=O)N1[C@@H]2CC[C@@H](C2)[C@H]1C(=O)N[C@@H](Cc1ccc2c(c1F)CCC(N1CCOCC1)C2)C(N)=O. The van der Waals surface area contributed by atoms with Gasteiger partial charge in [0, 0.05) is 31.6 Å². The number of rotatable bonds is 6. The van der Waals surface area contributed by atoms with E-state index in [4.69, 9.17) is 15.2 Å². The number of carbonyl (C=O) groups is 3. The molecule has 0 radical (unpaired) electrons. The van der Waals surface area contributed by atoms with Crippen molar-refractivity contribution in [2.45, 2.75) is 95.5 Å². The van der Waals surface area contributed by atoms with Gasteiger partial charge in [-0.2, -0.15) is 0 Å².